The summed E-state index contributed by atoms with van der Waals surface area (Å²) in [6.45, 7) is 0. The zero-order valence-electron chi connectivity index (χ0n) is 10.5. The van der Waals surface area contributed by atoms with Gasteiger partial charge in [0.2, 0.25) is 0 Å². The maximum absolute atomic E-state index is 12.1. The summed E-state index contributed by atoms with van der Waals surface area (Å²) in [7, 11) is 0. The molecule has 1 aromatic rings. The molecule has 1 heterocycles. The summed E-state index contributed by atoms with van der Waals surface area (Å²) in [4.78, 5) is 23.1. The van der Waals surface area contributed by atoms with Crippen LogP contribution in [0.1, 0.15) is 36.0 Å². The zero-order chi connectivity index (χ0) is 14.7. The van der Waals surface area contributed by atoms with E-state index < -0.39 is 17.8 Å². The fourth-order valence-corrected chi connectivity index (χ4v) is 2.65. The molecule has 0 bridgehead atoms. The number of nitrogens with one attached hydrogen (secondary N) is 1. The summed E-state index contributed by atoms with van der Waals surface area (Å²) >= 11 is 11.5. The first-order chi connectivity index (χ1) is 9.47. The Morgan fingerprint density at radius 2 is 2.05 bits per heavy atom. The van der Waals surface area contributed by atoms with Crippen LogP contribution in [-0.4, -0.2) is 33.2 Å². The highest BCUT2D eigenvalue weighted by molar-refractivity contribution is 6.34. The molecule has 6 nitrogen and oxygen atoms in total. The molecule has 0 saturated heterocycles. The van der Waals surface area contributed by atoms with E-state index in [-0.39, 0.29) is 21.9 Å². The van der Waals surface area contributed by atoms with Crippen LogP contribution in [-0.2, 0) is 4.79 Å². The second-order valence-corrected chi connectivity index (χ2v) is 5.49. The summed E-state index contributed by atoms with van der Waals surface area (Å²) in [5, 5.41) is 18.9. The van der Waals surface area contributed by atoms with E-state index in [1.54, 1.807) is 0 Å². The van der Waals surface area contributed by atoms with E-state index in [4.69, 9.17) is 28.3 Å². The van der Waals surface area contributed by atoms with Gasteiger partial charge < -0.3 is 10.4 Å². The van der Waals surface area contributed by atoms with Gasteiger partial charge in [-0.15, -0.1) is 10.2 Å². The van der Waals surface area contributed by atoms with Gasteiger partial charge in [-0.2, -0.15) is 0 Å². The van der Waals surface area contributed by atoms with Gasteiger partial charge in [-0.25, -0.2) is 0 Å². The first-order valence-electron chi connectivity index (χ1n) is 6.19. The Kier molecular flexibility index (Phi) is 4.77. The highest BCUT2D eigenvalue weighted by Crippen LogP contribution is 2.25. The number of carboxylic acid groups (broad SMARTS) is 1. The lowest BCUT2D eigenvalue weighted by Gasteiger charge is -2.27. The van der Waals surface area contributed by atoms with Crippen molar-refractivity contribution >= 4 is 35.1 Å². The quantitative estimate of drug-likeness (QED) is 0.891. The molecule has 8 heteroatoms. The van der Waals surface area contributed by atoms with Crippen molar-refractivity contribution in [2.24, 2.45) is 5.92 Å². The highest BCUT2D eigenvalue weighted by atomic mass is 35.5. The molecule has 0 aliphatic heterocycles. The van der Waals surface area contributed by atoms with Gasteiger partial charge in [-0.3, -0.25) is 9.59 Å². The molecule has 0 spiro atoms. The fourth-order valence-electron chi connectivity index (χ4n) is 2.32. The lowest BCUT2D eigenvalue weighted by molar-refractivity contribution is -0.143. The van der Waals surface area contributed by atoms with Gasteiger partial charge in [0.1, 0.15) is 0 Å². The molecular weight excluding hydrogens is 305 g/mol. The minimum Gasteiger partial charge on any atom is -0.481 e. The molecule has 0 aromatic carbocycles. The van der Waals surface area contributed by atoms with E-state index in [9.17, 15) is 9.59 Å². The predicted octanol–water partition coefficient (Wildman–Crippen LogP) is 2.16. The maximum Gasteiger partial charge on any atom is 0.306 e. The third-order valence-electron chi connectivity index (χ3n) is 3.32. The van der Waals surface area contributed by atoms with Crippen molar-refractivity contribution in [3.05, 3.63) is 21.9 Å². The minimum absolute atomic E-state index is 0.0301. The number of amides is 1. The van der Waals surface area contributed by atoms with Crippen LogP contribution in [0.2, 0.25) is 10.3 Å². The lowest BCUT2D eigenvalue weighted by Crippen LogP contribution is -2.40. The molecule has 1 fully saturated rings. The molecular formula is C12H13Cl2N3O3. The van der Waals surface area contributed by atoms with Gasteiger partial charge >= 0.3 is 5.97 Å². The molecule has 108 valence electrons. The van der Waals surface area contributed by atoms with E-state index in [1.165, 1.54) is 6.07 Å². The number of halogens is 2. The monoisotopic (exact) mass is 317 g/mol. The second-order valence-electron chi connectivity index (χ2n) is 4.74. The van der Waals surface area contributed by atoms with Gasteiger partial charge in [0.15, 0.2) is 10.3 Å². The molecule has 1 aliphatic carbocycles. The smallest absolute Gasteiger partial charge is 0.306 e. The predicted molar refractivity (Wildman–Crippen MR) is 72.9 cm³/mol. The maximum atomic E-state index is 12.1. The van der Waals surface area contributed by atoms with Crippen molar-refractivity contribution in [2.45, 2.75) is 31.7 Å². The van der Waals surface area contributed by atoms with E-state index in [2.05, 4.69) is 15.5 Å². The summed E-state index contributed by atoms with van der Waals surface area (Å²) in [6, 6.07) is 1.16. The van der Waals surface area contributed by atoms with Gasteiger partial charge in [-0.05, 0) is 25.3 Å². The minimum atomic E-state index is -0.824. The summed E-state index contributed by atoms with van der Waals surface area (Å²) < 4.78 is 0. The van der Waals surface area contributed by atoms with Crippen molar-refractivity contribution in [1.82, 2.24) is 15.5 Å². The number of hydrogen-bond donors (Lipinski definition) is 2. The number of nitrogens with zero attached hydrogens (tertiary/aromatic N) is 2. The van der Waals surface area contributed by atoms with E-state index in [0.717, 1.165) is 12.8 Å². The highest BCUT2D eigenvalue weighted by Gasteiger charge is 2.28. The van der Waals surface area contributed by atoms with Crippen LogP contribution in [0.5, 0.6) is 0 Å². The lowest BCUT2D eigenvalue weighted by atomic mass is 9.85. The SMILES string of the molecule is O=C(NC1CCCC(C(=O)O)C1)c1cc(Cl)nnc1Cl. The third-order valence-corrected chi connectivity index (χ3v) is 3.79. The van der Waals surface area contributed by atoms with Gasteiger partial charge in [-0.1, -0.05) is 29.6 Å². The molecule has 20 heavy (non-hydrogen) atoms. The fraction of sp³-hybridized carbons (Fsp3) is 0.500. The van der Waals surface area contributed by atoms with Crippen LogP contribution in [0, 0.1) is 5.92 Å². The molecule has 0 radical (unpaired) electrons. The first-order valence-corrected chi connectivity index (χ1v) is 6.95. The molecule has 2 atom stereocenters. The van der Waals surface area contributed by atoms with E-state index in [1.807, 2.05) is 0 Å². The molecule has 1 saturated carbocycles. The summed E-state index contributed by atoms with van der Waals surface area (Å²) in [5.41, 5.74) is 0.143. The molecule has 2 N–H and O–H groups in total. The first kappa shape index (κ1) is 15.0. The Balaban J connectivity index is 2.04. The average Bonchev–Trinajstić information content (AvgIpc) is 2.41. The van der Waals surface area contributed by atoms with Crippen molar-refractivity contribution < 1.29 is 14.7 Å². The molecule has 2 rings (SSSR count). The van der Waals surface area contributed by atoms with Crippen molar-refractivity contribution in [1.29, 1.82) is 0 Å². The Labute approximate surface area is 125 Å². The second kappa shape index (κ2) is 6.37. The Morgan fingerprint density at radius 3 is 2.75 bits per heavy atom. The molecule has 1 aromatic heterocycles. The van der Waals surface area contributed by atoms with Crippen LogP contribution in [0.15, 0.2) is 6.07 Å². The van der Waals surface area contributed by atoms with Gasteiger partial charge in [0.05, 0.1) is 11.5 Å². The Morgan fingerprint density at radius 1 is 1.30 bits per heavy atom. The number of rotatable bonds is 3. The molecule has 1 amide bonds. The summed E-state index contributed by atoms with van der Waals surface area (Å²) in [5.74, 6) is -1.65. The van der Waals surface area contributed by atoms with E-state index in [0.29, 0.717) is 12.8 Å². The number of carboxylic acids is 1. The number of hydrogen-bond acceptors (Lipinski definition) is 4. The summed E-state index contributed by atoms with van der Waals surface area (Å²) in [6.07, 6.45) is 2.58. The van der Waals surface area contributed by atoms with Crippen LogP contribution in [0.25, 0.3) is 0 Å². The van der Waals surface area contributed by atoms with Crippen LogP contribution in [0.3, 0.4) is 0 Å². The molecule has 2 unspecified atom stereocenters. The number of aromatic nitrogens is 2. The number of carbonyl (C=O) groups is 2. The van der Waals surface area contributed by atoms with Gasteiger partial charge in [0, 0.05) is 6.04 Å². The van der Waals surface area contributed by atoms with Crippen molar-refractivity contribution in [3.8, 4) is 0 Å². The van der Waals surface area contributed by atoms with Crippen molar-refractivity contribution in [3.63, 3.8) is 0 Å². The van der Waals surface area contributed by atoms with Crippen molar-refractivity contribution in [2.75, 3.05) is 0 Å². The largest absolute Gasteiger partial charge is 0.481 e. The third kappa shape index (κ3) is 3.58. The Bertz CT molecular complexity index is 539. The average molecular weight is 318 g/mol. The zero-order valence-corrected chi connectivity index (χ0v) is 12.0. The normalized spacial score (nSPS) is 22.3. The Hall–Kier alpha value is -1.40. The van der Waals surface area contributed by atoms with Gasteiger partial charge in [0.25, 0.3) is 5.91 Å². The number of carbonyl (C=O) groups excluding carboxylic acids is 1. The van der Waals surface area contributed by atoms with Crippen LogP contribution < -0.4 is 5.32 Å². The standard InChI is InChI=1S/C12H13Cl2N3O3/c13-9-5-8(10(14)17-16-9)11(18)15-7-3-1-2-6(4-7)12(19)20/h5-7H,1-4H2,(H,15,18)(H,19,20). The topological polar surface area (TPSA) is 92.2 Å². The molecule has 1 aliphatic rings. The van der Waals surface area contributed by atoms with Crippen LogP contribution >= 0.6 is 23.2 Å². The van der Waals surface area contributed by atoms with E-state index >= 15 is 0 Å². The van der Waals surface area contributed by atoms with Crippen LogP contribution in [0.4, 0.5) is 0 Å². The number of aliphatic carboxylic acids is 1.